The van der Waals surface area contributed by atoms with Crippen molar-refractivity contribution in [1.82, 2.24) is 14.9 Å². The molecule has 0 atom stereocenters. The zero-order chi connectivity index (χ0) is 19.5. The number of rotatable bonds is 3. The second kappa shape index (κ2) is 8.17. The number of aromatic nitrogens is 2. The van der Waals surface area contributed by atoms with Crippen LogP contribution in [0.4, 0.5) is 5.95 Å². The molecule has 4 rings (SSSR count). The average Bonchev–Trinajstić information content (AvgIpc) is 2.76. The number of nitrogens with zero attached hydrogens (tertiary/aromatic N) is 4. The minimum atomic E-state index is -0.111. The van der Waals surface area contributed by atoms with Gasteiger partial charge in [0.25, 0.3) is 5.91 Å². The van der Waals surface area contributed by atoms with E-state index in [1.807, 2.05) is 36.4 Å². The Morgan fingerprint density at radius 3 is 2.18 bits per heavy atom. The van der Waals surface area contributed by atoms with E-state index in [4.69, 9.17) is 23.2 Å². The zero-order valence-electron chi connectivity index (χ0n) is 15.1. The molecule has 1 aliphatic heterocycles. The van der Waals surface area contributed by atoms with Crippen LogP contribution in [0.3, 0.4) is 0 Å². The van der Waals surface area contributed by atoms with Crippen molar-refractivity contribution >= 4 is 35.1 Å². The zero-order valence-corrected chi connectivity index (χ0v) is 16.6. The fraction of sp³-hybridized carbons (Fsp3) is 0.190. The Kier molecular flexibility index (Phi) is 5.46. The smallest absolute Gasteiger partial charge is 0.255 e. The predicted octanol–water partition coefficient (Wildman–Crippen LogP) is 4.41. The van der Waals surface area contributed by atoms with Crippen molar-refractivity contribution in [2.24, 2.45) is 0 Å². The first-order valence-corrected chi connectivity index (χ1v) is 9.75. The summed E-state index contributed by atoms with van der Waals surface area (Å²) < 4.78 is 0. The van der Waals surface area contributed by atoms with Gasteiger partial charge in [-0.2, -0.15) is 0 Å². The SMILES string of the molecule is O=C(c1ccc(-c2ccccc2)c(Cl)c1Cl)N1CCN(c2ncccn2)CC1. The highest BCUT2D eigenvalue weighted by atomic mass is 35.5. The van der Waals surface area contributed by atoms with Crippen molar-refractivity contribution in [2.75, 3.05) is 31.1 Å². The van der Waals surface area contributed by atoms with Gasteiger partial charge < -0.3 is 9.80 Å². The Labute approximate surface area is 173 Å². The molecule has 0 unspecified atom stereocenters. The number of piperazine rings is 1. The van der Waals surface area contributed by atoms with E-state index < -0.39 is 0 Å². The fourth-order valence-electron chi connectivity index (χ4n) is 3.29. The molecule has 1 saturated heterocycles. The molecule has 7 heteroatoms. The highest BCUT2D eigenvalue weighted by Gasteiger charge is 2.26. The van der Waals surface area contributed by atoms with Crippen LogP contribution in [0.1, 0.15) is 10.4 Å². The summed E-state index contributed by atoms with van der Waals surface area (Å²) in [5.41, 5.74) is 2.20. The first-order valence-electron chi connectivity index (χ1n) is 9.00. The maximum atomic E-state index is 13.0. The Morgan fingerprint density at radius 1 is 0.821 bits per heavy atom. The van der Waals surface area contributed by atoms with Crippen LogP contribution in [0.2, 0.25) is 10.0 Å². The van der Waals surface area contributed by atoms with E-state index in [1.54, 1.807) is 29.4 Å². The van der Waals surface area contributed by atoms with Crippen LogP contribution in [0.25, 0.3) is 11.1 Å². The van der Waals surface area contributed by atoms with E-state index in [9.17, 15) is 4.79 Å². The van der Waals surface area contributed by atoms with Gasteiger partial charge >= 0.3 is 0 Å². The molecule has 3 aromatic rings. The molecule has 142 valence electrons. The number of halogens is 2. The van der Waals surface area contributed by atoms with E-state index in [1.165, 1.54) is 0 Å². The third-order valence-corrected chi connectivity index (χ3v) is 5.68. The van der Waals surface area contributed by atoms with Gasteiger partial charge in [0.15, 0.2) is 0 Å². The van der Waals surface area contributed by atoms with Crippen LogP contribution < -0.4 is 4.90 Å². The van der Waals surface area contributed by atoms with Gasteiger partial charge in [-0.25, -0.2) is 9.97 Å². The Balaban J connectivity index is 1.51. The van der Waals surface area contributed by atoms with E-state index in [0.29, 0.717) is 47.7 Å². The lowest BCUT2D eigenvalue weighted by Crippen LogP contribution is -2.49. The van der Waals surface area contributed by atoms with Crippen molar-refractivity contribution in [3.63, 3.8) is 0 Å². The molecule has 2 heterocycles. The van der Waals surface area contributed by atoms with Crippen LogP contribution in [0.15, 0.2) is 60.9 Å². The molecule has 2 aromatic carbocycles. The average molecular weight is 413 g/mol. The third-order valence-electron chi connectivity index (χ3n) is 4.80. The number of benzene rings is 2. The molecular formula is C21H18Cl2N4O. The topological polar surface area (TPSA) is 49.3 Å². The number of carbonyl (C=O) groups is 1. The van der Waals surface area contributed by atoms with Crippen molar-refractivity contribution in [3.05, 3.63) is 76.5 Å². The maximum absolute atomic E-state index is 13.0. The van der Waals surface area contributed by atoms with Crippen molar-refractivity contribution in [3.8, 4) is 11.1 Å². The minimum Gasteiger partial charge on any atom is -0.337 e. The Morgan fingerprint density at radius 2 is 1.50 bits per heavy atom. The van der Waals surface area contributed by atoms with Crippen molar-refractivity contribution in [1.29, 1.82) is 0 Å². The monoisotopic (exact) mass is 412 g/mol. The van der Waals surface area contributed by atoms with E-state index in [2.05, 4.69) is 14.9 Å². The van der Waals surface area contributed by atoms with Gasteiger partial charge in [-0.1, -0.05) is 59.6 Å². The summed E-state index contributed by atoms with van der Waals surface area (Å²) in [7, 11) is 0. The number of carbonyl (C=O) groups excluding carboxylic acids is 1. The molecule has 0 bridgehead atoms. The van der Waals surface area contributed by atoms with Crippen LogP contribution in [0.5, 0.6) is 0 Å². The lowest BCUT2D eigenvalue weighted by Gasteiger charge is -2.34. The molecule has 5 nitrogen and oxygen atoms in total. The second-order valence-electron chi connectivity index (χ2n) is 6.48. The van der Waals surface area contributed by atoms with Crippen LogP contribution in [0, 0.1) is 0 Å². The molecule has 1 aliphatic rings. The summed E-state index contributed by atoms with van der Waals surface area (Å²) in [4.78, 5) is 25.4. The van der Waals surface area contributed by atoms with Gasteiger partial charge in [0, 0.05) is 44.1 Å². The maximum Gasteiger partial charge on any atom is 0.255 e. The Hall–Kier alpha value is -2.63. The summed E-state index contributed by atoms with van der Waals surface area (Å²) in [6.45, 7) is 2.49. The van der Waals surface area contributed by atoms with Crippen molar-refractivity contribution in [2.45, 2.75) is 0 Å². The van der Waals surface area contributed by atoms with E-state index >= 15 is 0 Å². The predicted molar refractivity (Wildman–Crippen MR) is 112 cm³/mol. The first kappa shape index (κ1) is 18.7. The van der Waals surface area contributed by atoms with Gasteiger partial charge in [0.2, 0.25) is 5.95 Å². The number of hydrogen-bond donors (Lipinski definition) is 0. The summed E-state index contributed by atoms with van der Waals surface area (Å²) >= 11 is 13.0. The van der Waals surface area contributed by atoms with Gasteiger partial charge in [-0.3, -0.25) is 4.79 Å². The van der Waals surface area contributed by atoms with Gasteiger partial charge in [-0.05, 0) is 17.7 Å². The normalized spacial score (nSPS) is 14.2. The standard InChI is InChI=1S/C21H18Cl2N4O/c22-18-16(15-5-2-1-3-6-15)7-8-17(19(18)23)20(28)26-11-13-27(14-12-26)21-24-9-4-10-25-21/h1-10H,11-14H2. The molecule has 1 fully saturated rings. The van der Waals surface area contributed by atoms with Gasteiger partial charge in [-0.15, -0.1) is 0 Å². The van der Waals surface area contributed by atoms with Gasteiger partial charge in [0.1, 0.15) is 0 Å². The highest BCUT2D eigenvalue weighted by molar-refractivity contribution is 6.45. The largest absolute Gasteiger partial charge is 0.337 e. The highest BCUT2D eigenvalue weighted by Crippen LogP contribution is 2.36. The third kappa shape index (κ3) is 3.68. The molecule has 0 N–H and O–H groups in total. The minimum absolute atomic E-state index is 0.111. The van der Waals surface area contributed by atoms with E-state index in [-0.39, 0.29) is 5.91 Å². The fourth-order valence-corrected chi connectivity index (χ4v) is 3.81. The lowest BCUT2D eigenvalue weighted by atomic mass is 10.0. The summed E-state index contributed by atoms with van der Waals surface area (Å²) in [6, 6.07) is 15.1. The first-order chi connectivity index (χ1) is 13.6. The molecule has 1 amide bonds. The summed E-state index contributed by atoms with van der Waals surface area (Å²) in [5.74, 6) is 0.572. The second-order valence-corrected chi connectivity index (χ2v) is 7.24. The van der Waals surface area contributed by atoms with Crippen LogP contribution >= 0.6 is 23.2 Å². The van der Waals surface area contributed by atoms with Crippen LogP contribution in [-0.4, -0.2) is 47.0 Å². The molecule has 1 aromatic heterocycles. The number of anilines is 1. The van der Waals surface area contributed by atoms with Crippen molar-refractivity contribution < 1.29 is 4.79 Å². The molecule has 0 spiro atoms. The molecule has 0 saturated carbocycles. The molecule has 0 aliphatic carbocycles. The molecule has 28 heavy (non-hydrogen) atoms. The lowest BCUT2D eigenvalue weighted by molar-refractivity contribution is 0.0746. The number of hydrogen-bond acceptors (Lipinski definition) is 4. The van der Waals surface area contributed by atoms with Crippen LogP contribution in [-0.2, 0) is 0 Å². The summed E-state index contributed by atoms with van der Waals surface area (Å²) in [5, 5.41) is 0.692. The quantitative estimate of drug-likeness (QED) is 0.638. The molecule has 0 radical (unpaired) electrons. The Bertz CT molecular complexity index is 974. The van der Waals surface area contributed by atoms with Gasteiger partial charge in [0.05, 0.1) is 15.6 Å². The number of amides is 1. The molecular weight excluding hydrogens is 395 g/mol. The summed E-state index contributed by atoms with van der Waals surface area (Å²) in [6.07, 6.45) is 3.44. The van der Waals surface area contributed by atoms with E-state index in [0.717, 1.165) is 11.1 Å².